The number of fused-ring (bicyclic) bond motifs is 5. The van der Waals surface area contributed by atoms with Crippen LogP contribution in [0.15, 0.2) is 224 Å². The number of benzene rings is 11. The summed E-state index contributed by atoms with van der Waals surface area (Å²) >= 11 is 0. The zero-order chi connectivity index (χ0) is 44.5. The SMILES string of the molecule is Cc1ccc(C2=C(c3ccc(C)cc3)C(C)(C)c3cc(-c4c5ccccc5c(-c5ccc(N(c6ccc7ccccc7c6)c6ccc7ccccc7c6)cc5)c5ccccc45)ccc32)cc1. The Bertz CT molecular complexity index is 3580. The van der Waals surface area contributed by atoms with Gasteiger partial charge in [0.25, 0.3) is 0 Å². The van der Waals surface area contributed by atoms with Gasteiger partial charge in [0, 0.05) is 22.5 Å². The molecule has 0 saturated carbocycles. The van der Waals surface area contributed by atoms with Crippen LogP contribution in [0.3, 0.4) is 0 Å². The summed E-state index contributed by atoms with van der Waals surface area (Å²) in [5.41, 5.74) is 18.6. The van der Waals surface area contributed by atoms with Crippen molar-refractivity contribution in [2.45, 2.75) is 33.1 Å². The molecule has 11 aromatic carbocycles. The number of hydrogen-bond acceptors (Lipinski definition) is 1. The van der Waals surface area contributed by atoms with Gasteiger partial charge in [0.1, 0.15) is 0 Å². The lowest BCUT2D eigenvalue weighted by Gasteiger charge is -2.27. The molecule has 12 rings (SSSR count). The summed E-state index contributed by atoms with van der Waals surface area (Å²) in [4.78, 5) is 2.39. The van der Waals surface area contributed by atoms with Crippen molar-refractivity contribution in [3.8, 4) is 22.3 Å². The van der Waals surface area contributed by atoms with E-state index < -0.39 is 0 Å². The van der Waals surface area contributed by atoms with Crippen LogP contribution in [0.4, 0.5) is 17.1 Å². The number of aryl methyl sites for hydroxylation is 2. The van der Waals surface area contributed by atoms with Crippen LogP contribution in [-0.2, 0) is 5.41 Å². The summed E-state index contributed by atoms with van der Waals surface area (Å²) in [6, 6.07) is 83.5. The average Bonchev–Trinajstić information content (AvgIpc) is 3.59. The van der Waals surface area contributed by atoms with E-state index in [9.17, 15) is 0 Å². The fraction of sp³-hybridized carbons (Fsp3) is 0.0769. The van der Waals surface area contributed by atoms with E-state index in [-0.39, 0.29) is 5.41 Å². The molecule has 0 fully saturated rings. The van der Waals surface area contributed by atoms with Crippen molar-refractivity contribution in [2.24, 2.45) is 0 Å². The first kappa shape index (κ1) is 39.6. The molecule has 11 aromatic rings. The van der Waals surface area contributed by atoms with Gasteiger partial charge in [-0.25, -0.2) is 0 Å². The molecule has 1 nitrogen and oxygen atoms in total. The Kier molecular flexibility index (Phi) is 9.36. The van der Waals surface area contributed by atoms with Crippen LogP contribution in [0.5, 0.6) is 0 Å². The van der Waals surface area contributed by atoms with Gasteiger partial charge in [0.2, 0.25) is 0 Å². The summed E-state index contributed by atoms with van der Waals surface area (Å²) in [6.07, 6.45) is 0. The lowest BCUT2D eigenvalue weighted by Crippen LogP contribution is -2.16. The highest BCUT2D eigenvalue weighted by Gasteiger charge is 2.39. The maximum Gasteiger partial charge on any atom is 0.0468 e. The molecule has 0 bridgehead atoms. The lowest BCUT2D eigenvalue weighted by atomic mass is 9.77. The van der Waals surface area contributed by atoms with Gasteiger partial charge >= 0.3 is 0 Å². The third-order valence-electron chi connectivity index (χ3n) is 14.1. The highest BCUT2D eigenvalue weighted by molar-refractivity contribution is 6.22. The molecule has 1 heteroatoms. The highest BCUT2D eigenvalue weighted by atomic mass is 15.1. The van der Waals surface area contributed by atoms with Gasteiger partial charge in [0.15, 0.2) is 0 Å². The first-order valence-corrected chi connectivity index (χ1v) is 23.2. The summed E-state index contributed by atoms with van der Waals surface area (Å²) in [5, 5.41) is 9.91. The average molecular weight is 844 g/mol. The standard InChI is InChI=1S/C65H49N/c1-42-21-25-47(26-22-42)63-59-38-33-51(41-60(59)65(3,4)64(63)48-27-23-43(2)24-28-48)62-57-19-11-9-17-55(57)61(56-18-10-12-20-58(56)62)46-31-34-52(35-32-46)66(53-36-29-44-13-5-7-15-49(44)39-53)54-37-30-45-14-6-8-16-50(45)40-54/h5-41H,1-4H3. The van der Waals surface area contributed by atoms with Crippen LogP contribution in [-0.4, -0.2) is 0 Å². The number of rotatable bonds is 7. The Morgan fingerprint density at radius 3 is 1.26 bits per heavy atom. The van der Waals surface area contributed by atoms with Gasteiger partial charge in [-0.2, -0.15) is 0 Å². The molecule has 0 radical (unpaired) electrons. The summed E-state index contributed by atoms with van der Waals surface area (Å²) in [7, 11) is 0. The van der Waals surface area contributed by atoms with E-state index in [1.54, 1.807) is 0 Å². The first-order valence-electron chi connectivity index (χ1n) is 23.2. The predicted molar refractivity (Wildman–Crippen MR) is 283 cm³/mol. The van der Waals surface area contributed by atoms with Gasteiger partial charge in [-0.05, 0) is 155 Å². The van der Waals surface area contributed by atoms with Gasteiger partial charge in [-0.1, -0.05) is 207 Å². The zero-order valence-corrected chi connectivity index (χ0v) is 37.8. The second kappa shape index (κ2) is 15.6. The third-order valence-corrected chi connectivity index (χ3v) is 14.1. The molecular formula is C65H49N. The van der Waals surface area contributed by atoms with Crippen LogP contribution in [0.25, 0.3) is 76.5 Å². The molecule has 0 aliphatic heterocycles. The maximum absolute atomic E-state index is 2.50. The quantitative estimate of drug-likeness (QED) is 0.145. The topological polar surface area (TPSA) is 3.24 Å². The van der Waals surface area contributed by atoms with E-state index in [4.69, 9.17) is 0 Å². The Hall–Kier alpha value is -8.00. The fourth-order valence-electron chi connectivity index (χ4n) is 10.9. The molecule has 0 N–H and O–H groups in total. The maximum atomic E-state index is 2.50. The van der Waals surface area contributed by atoms with Crippen molar-refractivity contribution in [1.29, 1.82) is 0 Å². The van der Waals surface area contributed by atoms with Crippen LogP contribution in [0.2, 0.25) is 0 Å². The van der Waals surface area contributed by atoms with E-state index in [1.807, 2.05) is 0 Å². The third kappa shape index (κ3) is 6.54. The largest absolute Gasteiger partial charge is 0.310 e. The van der Waals surface area contributed by atoms with Crippen molar-refractivity contribution >= 4 is 71.3 Å². The number of allylic oxidation sites excluding steroid dienone is 1. The van der Waals surface area contributed by atoms with Gasteiger partial charge < -0.3 is 4.90 Å². The predicted octanol–water partition coefficient (Wildman–Crippen LogP) is 18.0. The minimum Gasteiger partial charge on any atom is -0.310 e. The van der Waals surface area contributed by atoms with Crippen LogP contribution in [0.1, 0.15) is 47.2 Å². The zero-order valence-electron chi connectivity index (χ0n) is 37.8. The molecule has 1 aliphatic rings. The fourth-order valence-corrected chi connectivity index (χ4v) is 10.9. The molecule has 1 aliphatic carbocycles. The Morgan fingerprint density at radius 1 is 0.333 bits per heavy atom. The molecule has 0 atom stereocenters. The molecular weight excluding hydrogens is 795 g/mol. The van der Waals surface area contributed by atoms with Crippen LogP contribution >= 0.6 is 0 Å². The minimum absolute atomic E-state index is 0.234. The van der Waals surface area contributed by atoms with Crippen molar-refractivity contribution in [1.82, 2.24) is 0 Å². The Labute approximate surface area is 387 Å². The van der Waals surface area contributed by atoms with E-state index in [2.05, 4.69) is 257 Å². The van der Waals surface area contributed by atoms with E-state index >= 15 is 0 Å². The monoisotopic (exact) mass is 843 g/mol. The molecule has 66 heavy (non-hydrogen) atoms. The van der Waals surface area contributed by atoms with Crippen molar-refractivity contribution in [3.05, 3.63) is 258 Å². The second-order valence-corrected chi connectivity index (χ2v) is 18.7. The number of hydrogen-bond donors (Lipinski definition) is 0. The van der Waals surface area contributed by atoms with Gasteiger partial charge in [-0.3, -0.25) is 0 Å². The van der Waals surface area contributed by atoms with Crippen molar-refractivity contribution in [3.63, 3.8) is 0 Å². The van der Waals surface area contributed by atoms with Crippen molar-refractivity contribution < 1.29 is 0 Å². The van der Waals surface area contributed by atoms with E-state index in [1.165, 1.54) is 110 Å². The molecule has 0 amide bonds. The number of anilines is 3. The molecule has 0 heterocycles. The minimum atomic E-state index is -0.234. The number of nitrogens with zero attached hydrogens (tertiary/aromatic N) is 1. The molecule has 0 saturated heterocycles. The molecule has 0 aromatic heterocycles. The summed E-state index contributed by atoms with van der Waals surface area (Å²) < 4.78 is 0. The lowest BCUT2D eigenvalue weighted by molar-refractivity contribution is 0.704. The first-order chi connectivity index (χ1) is 32.3. The molecule has 0 spiro atoms. The Balaban J connectivity index is 1.00. The molecule has 314 valence electrons. The Morgan fingerprint density at radius 2 is 0.742 bits per heavy atom. The summed E-state index contributed by atoms with van der Waals surface area (Å²) in [6.45, 7) is 9.16. The van der Waals surface area contributed by atoms with Crippen molar-refractivity contribution in [2.75, 3.05) is 4.90 Å². The normalized spacial score (nSPS) is 13.2. The molecule has 0 unspecified atom stereocenters. The van der Waals surface area contributed by atoms with E-state index in [0.29, 0.717) is 0 Å². The van der Waals surface area contributed by atoms with Crippen LogP contribution < -0.4 is 4.90 Å². The second-order valence-electron chi connectivity index (χ2n) is 18.7. The van der Waals surface area contributed by atoms with Gasteiger partial charge in [0.05, 0.1) is 0 Å². The smallest absolute Gasteiger partial charge is 0.0468 e. The van der Waals surface area contributed by atoms with Gasteiger partial charge in [-0.15, -0.1) is 0 Å². The van der Waals surface area contributed by atoms with Crippen LogP contribution in [0, 0.1) is 13.8 Å². The van der Waals surface area contributed by atoms with E-state index in [0.717, 1.165) is 17.1 Å². The summed E-state index contributed by atoms with van der Waals surface area (Å²) in [5.74, 6) is 0. The highest BCUT2D eigenvalue weighted by Crippen LogP contribution is 2.55.